The number of carbonyl (C=O) groups excluding carboxylic acids is 2. The van der Waals surface area contributed by atoms with Gasteiger partial charge in [0.2, 0.25) is 6.79 Å². The van der Waals surface area contributed by atoms with Gasteiger partial charge in [-0.25, -0.2) is 4.79 Å². The van der Waals surface area contributed by atoms with Gasteiger partial charge in [-0.2, -0.15) is 11.8 Å². The predicted molar refractivity (Wildman–Crippen MR) is 117 cm³/mol. The summed E-state index contributed by atoms with van der Waals surface area (Å²) in [5.74, 6) is -0.659. The Morgan fingerprint density at radius 3 is 2.58 bits per heavy atom. The maximum atomic E-state index is 12.9. The third kappa shape index (κ3) is 6.02. The average molecular weight is 442 g/mol. The van der Waals surface area contributed by atoms with Crippen molar-refractivity contribution in [3.63, 3.8) is 0 Å². The Morgan fingerprint density at radius 2 is 1.87 bits per heavy atom. The minimum atomic E-state index is -1.14. The van der Waals surface area contributed by atoms with E-state index < -0.39 is 23.8 Å². The van der Waals surface area contributed by atoms with Crippen LogP contribution in [0.4, 0.5) is 0 Å². The molecule has 0 radical (unpaired) electrons. The lowest BCUT2D eigenvalue weighted by Crippen LogP contribution is -2.44. The molecule has 3 rings (SSSR count). The molecular weight excluding hydrogens is 420 g/mol. The molecule has 0 aromatic heterocycles. The number of benzene rings is 2. The van der Waals surface area contributed by atoms with E-state index in [0.29, 0.717) is 28.4 Å². The van der Waals surface area contributed by atoms with Gasteiger partial charge in [0.25, 0.3) is 11.8 Å². The van der Waals surface area contributed by atoms with E-state index in [4.69, 9.17) is 9.47 Å². The normalized spacial score (nSPS) is 13.4. The van der Waals surface area contributed by atoms with Crippen molar-refractivity contribution >= 4 is 35.6 Å². The van der Waals surface area contributed by atoms with Crippen LogP contribution in [0.25, 0.3) is 6.08 Å². The molecule has 0 saturated heterocycles. The van der Waals surface area contributed by atoms with Crippen LogP contribution in [0, 0.1) is 0 Å². The average Bonchev–Trinajstić information content (AvgIpc) is 3.24. The highest BCUT2D eigenvalue weighted by atomic mass is 32.2. The number of hydrogen-bond donors (Lipinski definition) is 3. The molecule has 8 nitrogen and oxygen atoms in total. The molecule has 1 heterocycles. The van der Waals surface area contributed by atoms with Gasteiger partial charge in [0.1, 0.15) is 11.7 Å². The van der Waals surface area contributed by atoms with Crippen LogP contribution in [-0.2, 0) is 9.59 Å². The molecule has 0 fully saturated rings. The number of ether oxygens (including phenoxy) is 2. The number of carboxylic acid groups (broad SMARTS) is 1. The first-order valence-corrected chi connectivity index (χ1v) is 10.9. The molecule has 0 aliphatic carbocycles. The second kappa shape index (κ2) is 10.5. The number of hydrogen-bond acceptors (Lipinski definition) is 6. The van der Waals surface area contributed by atoms with Crippen molar-refractivity contribution in [2.45, 2.75) is 12.5 Å². The van der Waals surface area contributed by atoms with Crippen molar-refractivity contribution in [1.29, 1.82) is 0 Å². The van der Waals surface area contributed by atoms with Crippen LogP contribution < -0.4 is 20.1 Å². The monoisotopic (exact) mass is 442 g/mol. The summed E-state index contributed by atoms with van der Waals surface area (Å²) in [6, 6.07) is 12.4. The molecule has 162 valence electrons. The maximum Gasteiger partial charge on any atom is 0.326 e. The Kier molecular flexibility index (Phi) is 7.55. The van der Waals surface area contributed by atoms with Gasteiger partial charge < -0.3 is 25.2 Å². The SMILES string of the molecule is CSCC[C@@H](NC(=O)C(=Cc1ccc2c(c1)OCO2)NC(=O)c1ccccc1)C(=O)O. The second-order valence-electron chi connectivity index (χ2n) is 6.64. The molecule has 31 heavy (non-hydrogen) atoms. The fraction of sp³-hybridized carbons (Fsp3) is 0.227. The predicted octanol–water partition coefficient (Wildman–Crippen LogP) is 2.51. The van der Waals surface area contributed by atoms with Gasteiger partial charge in [0, 0.05) is 5.56 Å². The number of carboxylic acids is 1. The fourth-order valence-electron chi connectivity index (χ4n) is 2.84. The Labute approximate surface area is 183 Å². The van der Waals surface area contributed by atoms with E-state index in [1.165, 1.54) is 17.8 Å². The van der Waals surface area contributed by atoms with E-state index in [-0.39, 0.29) is 18.9 Å². The summed E-state index contributed by atoms with van der Waals surface area (Å²) in [4.78, 5) is 37.1. The Bertz CT molecular complexity index is 993. The smallest absolute Gasteiger partial charge is 0.326 e. The van der Waals surface area contributed by atoms with Gasteiger partial charge in [-0.05, 0) is 54.3 Å². The molecule has 0 saturated carbocycles. The molecule has 2 amide bonds. The number of aliphatic carboxylic acids is 1. The van der Waals surface area contributed by atoms with Gasteiger partial charge in [-0.3, -0.25) is 9.59 Å². The third-order valence-electron chi connectivity index (χ3n) is 4.45. The number of thioether (sulfide) groups is 1. The molecule has 0 bridgehead atoms. The second-order valence-corrected chi connectivity index (χ2v) is 7.62. The van der Waals surface area contributed by atoms with Gasteiger partial charge in [-0.1, -0.05) is 24.3 Å². The number of amides is 2. The van der Waals surface area contributed by atoms with Crippen molar-refractivity contribution in [1.82, 2.24) is 10.6 Å². The largest absolute Gasteiger partial charge is 0.480 e. The fourth-order valence-corrected chi connectivity index (χ4v) is 3.31. The number of carbonyl (C=O) groups is 3. The number of fused-ring (bicyclic) bond motifs is 1. The van der Waals surface area contributed by atoms with E-state index >= 15 is 0 Å². The van der Waals surface area contributed by atoms with Crippen LogP contribution in [0.3, 0.4) is 0 Å². The molecule has 0 unspecified atom stereocenters. The minimum absolute atomic E-state index is 0.0804. The maximum absolute atomic E-state index is 12.9. The van der Waals surface area contributed by atoms with E-state index in [1.807, 2.05) is 6.26 Å². The zero-order chi connectivity index (χ0) is 22.2. The van der Waals surface area contributed by atoms with Crippen LogP contribution >= 0.6 is 11.8 Å². The van der Waals surface area contributed by atoms with Crippen LogP contribution in [0.5, 0.6) is 11.5 Å². The highest BCUT2D eigenvalue weighted by molar-refractivity contribution is 7.98. The summed E-state index contributed by atoms with van der Waals surface area (Å²) in [6.45, 7) is 0.107. The summed E-state index contributed by atoms with van der Waals surface area (Å²) in [5.41, 5.74) is 0.867. The van der Waals surface area contributed by atoms with Gasteiger partial charge in [0.15, 0.2) is 11.5 Å². The van der Waals surface area contributed by atoms with Gasteiger partial charge in [0.05, 0.1) is 0 Å². The molecule has 1 atom stereocenters. The lowest BCUT2D eigenvalue weighted by atomic mass is 10.1. The Hall–Kier alpha value is -3.46. The van der Waals surface area contributed by atoms with Gasteiger partial charge in [-0.15, -0.1) is 0 Å². The van der Waals surface area contributed by atoms with E-state index in [2.05, 4.69) is 10.6 Å². The third-order valence-corrected chi connectivity index (χ3v) is 5.09. The highest BCUT2D eigenvalue weighted by Crippen LogP contribution is 2.33. The molecule has 0 spiro atoms. The molecule has 1 aliphatic rings. The number of nitrogens with one attached hydrogen (secondary N) is 2. The topological polar surface area (TPSA) is 114 Å². The lowest BCUT2D eigenvalue weighted by molar-refractivity contribution is -0.141. The van der Waals surface area contributed by atoms with Crippen molar-refractivity contribution in [3.05, 3.63) is 65.4 Å². The summed E-state index contributed by atoms with van der Waals surface area (Å²) < 4.78 is 10.6. The molecule has 1 aliphatic heterocycles. The zero-order valence-electron chi connectivity index (χ0n) is 16.8. The van der Waals surface area contributed by atoms with Crippen molar-refractivity contribution < 1.29 is 29.0 Å². The summed E-state index contributed by atoms with van der Waals surface area (Å²) in [5, 5.41) is 14.5. The standard InChI is InChI=1S/C22H22N2O6S/c1-31-10-9-16(22(27)28)23-21(26)17(24-20(25)15-5-3-2-4-6-15)11-14-7-8-18-19(12-14)30-13-29-18/h2-8,11-12,16H,9-10,13H2,1H3,(H,23,26)(H,24,25)(H,27,28)/t16-/m1/s1. The highest BCUT2D eigenvalue weighted by Gasteiger charge is 2.23. The van der Waals surface area contributed by atoms with Crippen LogP contribution in [0.2, 0.25) is 0 Å². The molecule has 2 aromatic rings. The van der Waals surface area contributed by atoms with Crippen molar-refractivity contribution in [3.8, 4) is 11.5 Å². The van der Waals surface area contributed by atoms with Crippen molar-refractivity contribution in [2.75, 3.05) is 18.8 Å². The summed E-state index contributed by atoms with van der Waals surface area (Å²) >= 11 is 1.48. The summed E-state index contributed by atoms with van der Waals surface area (Å²) in [6.07, 6.45) is 3.57. The van der Waals surface area contributed by atoms with Crippen molar-refractivity contribution in [2.24, 2.45) is 0 Å². The molecule has 3 N–H and O–H groups in total. The first-order valence-electron chi connectivity index (χ1n) is 9.48. The zero-order valence-corrected chi connectivity index (χ0v) is 17.6. The van der Waals surface area contributed by atoms with E-state index in [1.54, 1.807) is 48.5 Å². The minimum Gasteiger partial charge on any atom is -0.480 e. The van der Waals surface area contributed by atoms with Crippen LogP contribution in [0.1, 0.15) is 22.3 Å². The summed E-state index contributed by atoms with van der Waals surface area (Å²) in [7, 11) is 0. The molecular formula is C22H22N2O6S. The molecule has 9 heteroatoms. The lowest BCUT2D eigenvalue weighted by Gasteiger charge is -2.16. The van der Waals surface area contributed by atoms with E-state index in [0.717, 1.165) is 0 Å². The van der Waals surface area contributed by atoms with Crippen LogP contribution in [0.15, 0.2) is 54.2 Å². The quantitative estimate of drug-likeness (QED) is 0.511. The Morgan fingerprint density at radius 1 is 1.13 bits per heavy atom. The molecule has 2 aromatic carbocycles. The van der Waals surface area contributed by atoms with Gasteiger partial charge >= 0.3 is 5.97 Å². The number of rotatable bonds is 9. The first kappa shape index (κ1) is 22.2. The first-order chi connectivity index (χ1) is 15.0. The Balaban J connectivity index is 1.86. The van der Waals surface area contributed by atoms with Crippen LogP contribution in [-0.4, -0.2) is 47.7 Å². The van der Waals surface area contributed by atoms with E-state index in [9.17, 15) is 19.5 Å².